The largest absolute Gasteiger partial charge is 0.383 e. The lowest BCUT2D eigenvalue weighted by molar-refractivity contribution is -0.00695. The zero-order valence-electron chi connectivity index (χ0n) is 14.2. The molecule has 132 valence electrons. The van der Waals surface area contributed by atoms with Gasteiger partial charge >= 0.3 is 0 Å². The molecular formula is C19H22FN3O2. The van der Waals surface area contributed by atoms with Crippen molar-refractivity contribution in [3.05, 3.63) is 59.5 Å². The molecule has 0 radical (unpaired) electrons. The van der Waals surface area contributed by atoms with Crippen molar-refractivity contribution in [2.45, 2.75) is 18.9 Å². The van der Waals surface area contributed by atoms with Crippen molar-refractivity contribution in [1.82, 2.24) is 9.88 Å². The quantitative estimate of drug-likeness (QED) is 0.926. The van der Waals surface area contributed by atoms with E-state index in [0.29, 0.717) is 18.7 Å². The minimum atomic E-state index is -0.230. The Balaban J connectivity index is 1.69. The van der Waals surface area contributed by atoms with Gasteiger partial charge in [0.25, 0.3) is 5.91 Å². The van der Waals surface area contributed by atoms with Gasteiger partial charge in [0.2, 0.25) is 0 Å². The van der Waals surface area contributed by atoms with Crippen molar-refractivity contribution >= 4 is 11.7 Å². The number of carbonyl (C=O) groups excluding carboxylic acids is 1. The van der Waals surface area contributed by atoms with Crippen LogP contribution in [0.15, 0.2) is 42.6 Å². The summed E-state index contributed by atoms with van der Waals surface area (Å²) in [6.07, 6.45) is 2.99. The first-order valence-corrected chi connectivity index (χ1v) is 8.35. The second kappa shape index (κ2) is 7.61. The monoisotopic (exact) mass is 343 g/mol. The summed E-state index contributed by atoms with van der Waals surface area (Å²) in [5.41, 5.74) is 7.18. The molecule has 1 fully saturated rings. The van der Waals surface area contributed by atoms with Crippen LogP contribution in [0.4, 0.5) is 10.2 Å². The van der Waals surface area contributed by atoms with E-state index in [1.165, 1.54) is 6.07 Å². The fourth-order valence-corrected chi connectivity index (χ4v) is 3.39. The number of nitrogen functional groups attached to an aromatic ring is 1. The molecule has 0 bridgehead atoms. The maximum atomic E-state index is 13.4. The van der Waals surface area contributed by atoms with E-state index < -0.39 is 0 Å². The summed E-state index contributed by atoms with van der Waals surface area (Å²) in [7, 11) is 1.65. The first-order chi connectivity index (χ1) is 12.1. The number of pyridine rings is 1. The Morgan fingerprint density at radius 1 is 1.40 bits per heavy atom. The standard InChI is InChI=1S/C19H22FN3O2/c1-25-17-12-23(19(24)16-6-3-8-22-18(16)21)9-7-14(17)10-13-4-2-5-15(20)11-13/h2-6,8,11,14,17H,7,9-10,12H2,1H3,(H2,21,22)/t14-,17+/m1/s1. The summed E-state index contributed by atoms with van der Waals surface area (Å²) in [6, 6.07) is 10.0. The van der Waals surface area contributed by atoms with Gasteiger partial charge in [-0.15, -0.1) is 0 Å². The summed E-state index contributed by atoms with van der Waals surface area (Å²) < 4.78 is 19.0. The van der Waals surface area contributed by atoms with Crippen LogP contribution in [-0.2, 0) is 11.2 Å². The van der Waals surface area contributed by atoms with Gasteiger partial charge in [-0.1, -0.05) is 12.1 Å². The number of rotatable bonds is 4. The van der Waals surface area contributed by atoms with E-state index in [4.69, 9.17) is 10.5 Å². The van der Waals surface area contributed by atoms with E-state index in [-0.39, 0.29) is 29.6 Å². The number of aromatic nitrogens is 1. The Morgan fingerprint density at radius 2 is 2.24 bits per heavy atom. The van der Waals surface area contributed by atoms with E-state index in [9.17, 15) is 9.18 Å². The van der Waals surface area contributed by atoms with E-state index in [2.05, 4.69) is 4.98 Å². The van der Waals surface area contributed by atoms with Gasteiger partial charge in [-0.25, -0.2) is 9.37 Å². The third-order valence-corrected chi connectivity index (χ3v) is 4.74. The molecule has 1 amide bonds. The molecule has 0 aliphatic carbocycles. The minimum Gasteiger partial charge on any atom is -0.383 e. The molecule has 1 aromatic heterocycles. The predicted octanol–water partition coefficient (Wildman–Crippen LogP) is 2.52. The smallest absolute Gasteiger partial charge is 0.257 e. The van der Waals surface area contributed by atoms with Crippen LogP contribution in [-0.4, -0.2) is 42.1 Å². The van der Waals surface area contributed by atoms with E-state index in [1.807, 2.05) is 6.07 Å². The molecule has 0 unspecified atom stereocenters. The number of nitrogens with two attached hydrogens (primary N) is 1. The molecule has 2 aromatic rings. The molecule has 5 nitrogen and oxygen atoms in total. The lowest BCUT2D eigenvalue weighted by Crippen LogP contribution is -2.48. The molecule has 2 N–H and O–H groups in total. The molecule has 1 aromatic carbocycles. The highest BCUT2D eigenvalue weighted by Gasteiger charge is 2.32. The lowest BCUT2D eigenvalue weighted by Gasteiger charge is -2.38. The highest BCUT2D eigenvalue weighted by molar-refractivity contribution is 5.98. The van der Waals surface area contributed by atoms with Gasteiger partial charge in [0, 0.05) is 26.4 Å². The average Bonchev–Trinajstić information content (AvgIpc) is 2.62. The normalized spacial score (nSPS) is 20.5. The van der Waals surface area contributed by atoms with Crippen molar-refractivity contribution in [3.8, 4) is 0 Å². The molecular weight excluding hydrogens is 321 g/mol. The molecule has 2 atom stereocenters. The predicted molar refractivity (Wildman–Crippen MR) is 93.6 cm³/mol. The van der Waals surface area contributed by atoms with Crippen LogP contribution in [0.1, 0.15) is 22.3 Å². The first kappa shape index (κ1) is 17.4. The molecule has 6 heteroatoms. The second-order valence-electron chi connectivity index (χ2n) is 6.34. The number of piperidine rings is 1. The molecule has 1 aliphatic rings. The van der Waals surface area contributed by atoms with Crippen LogP contribution in [0.2, 0.25) is 0 Å². The van der Waals surface area contributed by atoms with E-state index in [0.717, 1.165) is 18.4 Å². The molecule has 2 heterocycles. The first-order valence-electron chi connectivity index (χ1n) is 8.35. The summed E-state index contributed by atoms with van der Waals surface area (Å²) in [4.78, 5) is 18.4. The van der Waals surface area contributed by atoms with Crippen LogP contribution < -0.4 is 5.73 Å². The minimum absolute atomic E-state index is 0.0983. The van der Waals surface area contributed by atoms with Crippen molar-refractivity contribution in [1.29, 1.82) is 0 Å². The van der Waals surface area contributed by atoms with Gasteiger partial charge in [0.15, 0.2) is 0 Å². The Labute approximate surface area is 146 Å². The molecule has 0 saturated carbocycles. The molecule has 1 saturated heterocycles. The van der Waals surface area contributed by atoms with Gasteiger partial charge in [-0.2, -0.15) is 0 Å². The molecule has 0 spiro atoms. The van der Waals surface area contributed by atoms with Crippen molar-refractivity contribution in [2.75, 3.05) is 25.9 Å². The Bertz CT molecular complexity index is 753. The maximum Gasteiger partial charge on any atom is 0.257 e. The van der Waals surface area contributed by atoms with E-state index in [1.54, 1.807) is 42.5 Å². The topological polar surface area (TPSA) is 68.5 Å². The van der Waals surface area contributed by atoms with Gasteiger partial charge in [-0.05, 0) is 48.6 Å². The number of hydrogen-bond donors (Lipinski definition) is 1. The number of halogens is 1. The second-order valence-corrected chi connectivity index (χ2v) is 6.34. The number of amides is 1. The average molecular weight is 343 g/mol. The fourth-order valence-electron chi connectivity index (χ4n) is 3.39. The summed E-state index contributed by atoms with van der Waals surface area (Å²) in [5, 5.41) is 0. The lowest BCUT2D eigenvalue weighted by atomic mass is 9.87. The summed E-state index contributed by atoms with van der Waals surface area (Å²) in [6.45, 7) is 1.11. The van der Waals surface area contributed by atoms with Crippen molar-refractivity contribution < 1.29 is 13.9 Å². The Hall–Kier alpha value is -2.47. The molecule has 1 aliphatic heterocycles. The Morgan fingerprint density at radius 3 is 2.96 bits per heavy atom. The van der Waals surface area contributed by atoms with E-state index >= 15 is 0 Å². The third kappa shape index (κ3) is 3.96. The number of hydrogen-bond acceptors (Lipinski definition) is 4. The highest BCUT2D eigenvalue weighted by Crippen LogP contribution is 2.26. The fraction of sp³-hybridized carbons (Fsp3) is 0.368. The zero-order chi connectivity index (χ0) is 17.8. The Kier molecular flexibility index (Phi) is 5.28. The summed E-state index contributed by atoms with van der Waals surface area (Å²) >= 11 is 0. The maximum absolute atomic E-state index is 13.4. The van der Waals surface area contributed by atoms with Gasteiger partial charge < -0.3 is 15.4 Å². The number of ether oxygens (including phenoxy) is 1. The zero-order valence-corrected chi connectivity index (χ0v) is 14.2. The number of methoxy groups -OCH3 is 1. The van der Waals surface area contributed by atoms with Crippen LogP contribution >= 0.6 is 0 Å². The highest BCUT2D eigenvalue weighted by atomic mass is 19.1. The van der Waals surface area contributed by atoms with Crippen LogP contribution in [0.25, 0.3) is 0 Å². The van der Waals surface area contributed by atoms with Gasteiger partial charge in [0.1, 0.15) is 11.6 Å². The van der Waals surface area contributed by atoms with Crippen molar-refractivity contribution in [2.24, 2.45) is 5.92 Å². The third-order valence-electron chi connectivity index (χ3n) is 4.74. The van der Waals surface area contributed by atoms with Crippen LogP contribution in [0, 0.1) is 11.7 Å². The number of likely N-dealkylation sites (tertiary alicyclic amines) is 1. The van der Waals surface area contributed by atoms with Crippen LogP contribution in [0.3, 0.4) is 0 Å². The number of nitrogens with zero attached hydrogens (tertiary/aromatic N) is 2. The van der Waals surface area contributed by atoms with Crippen molar-refractivity contribution in [3.63, 3.8) is 0 Å². The van der Waals surface area contributed by atoms with Gasteiger partial charge in [-0.3, -0.25) is 4.79 Å². The van der Waals surface area contributed by atoms with Gasteiger partial charge in [0.05, 0.1) is 11.7 Å². The summed E-state index contributed by atoms with van der Waals surface area (Å²) in [5.74, 6) is 0.119. The molecule has 3 rings (SSSR count). The number of anilines is 1. The number of benzene rings is 1. The number of carbonyl (C=O) groups is 1. The SMILES string of the molecule is CO[C@H]1CN(C(=O)c2cccnc2N)CC[C@@H]1Cc1cccc(F)c1. The van der Waals surface area contributed by atoms with Crippen LogP contribution in [0.5, 0.6) is 0 Å². The molecule has 25 heavy (non-hydrogen) atoms.